The minimum atomic E-state index is -0.645. The lowest BCUT2D eigenvalue weighted by Gasteiger charge is -2.42. The summed E-state index contributed by atoms with van der Waals surface area (Å²) >= 11 is 0. The van der Waals surface area contributed by atoms with Crippen LogP contribution in [0, 0.1) is 11.8 Å². The number of carboxylic acid groups (broad SMARTS) is 1. The minimum absolute atomic E-state index is 0.256. The quantitative estimate of drug-likeness (QED) is 0.751. The van der Waals surface area contributed by atoms with Gasteiger partial charge in [-0.05, 0) is 37.5 Å². The molecule has 2 N–H and O–H groups in total. The molecule has 3 heteroatoms. The lowest BCUT2D eigenvalue weighted by Crippen LogP contribution is -2.60. The molecule has 15 heavy (non-hydrogen) atoms. The molecule has 2 saturated carbocycles. The Kier molecular flexibility index (Phi) is 2.75. The fraction of sp³-hybridized carbons (Fsp3) is 0.917. The van der Waals surface area contributed by atoms with Gasteiger partial charge in [0.1, 0.15) is 5.54 Å². The van der Waals surface area contributed by atoms with E-state index in [0.717, 1.165) is 25.7 Å². The maximum absolute atomic E-state index is 11.5. The fourth-order valence-electron chi connectivity index (χ4n) is 2.79. The maximum Gasteiger partial charge on any atom is 0.324 e. The summed E-state index contributed by atoms with van der Waals surface area (Å²) in [5.74, 6) is 0.142. The number of carbonyl (C=O) groups is 1. The molecular formula is C12H21NO2. The van der Waals surface area contributed by atoms with Crippen LogP contribution in [0.5, 0.6) is 0 Å². The molecule has 0 bridgehead atoms. The van der Waals surface area contributed by atoms with E-state index in [9.17, 15) is 9.90 Å². The van der Waals surface area contributed by atoms with Gasteiger partial charge in [-0.15, -0.1) is 0 Å². The Morgan fingerprint density at radius 2 is 1.93 bits per heavy atom. The van der Waals surface area contributed by atoms with Crippen molar-refractivity contribution in [2.75, 3.05) is 0 Å². The number of hydrogen-bond acceptors (Lipinski definition) is 2. The fourth-order valence-corrected chi connectivity index (χ4v) is 2.79. The molecule has 2 fully saturated rings. The van der Waals surface area contributed by atoms with E-state index in [4.69, 9.17) is 0 Å². The Balaban J connectivity index is 2.16. The molecular weight excluding hydrogens is 190 g/mol. The lowest BCUT2D eigenvalue weighted by molar-refractivity contribution is -0.150. The van der Waals surface area contributed by atoms with Gasteiger partial charge in [-0.3, -0.25) is 10.1 Å². The second-order valence-corrected chi connectivity index (χ2v) is 5.48. The Bertz CT molecular complexity index is 258. The van der Waals surface area contributed by atoms with Crippen molar-refractivity contribution in [2.45, 2.75) is 57.5 Å². The topological polar surface area (TPSA) is 49.3 Å². The summed E-state index contributed by atoms with van der Waals surface area (Å²) < 4.78 is 0. The van der Waals surface area contributed by atoms with Crippen LogP contribution in [0.25, 0.3) is 0 Å². The second-order valence-electron chi connectivity index (χ2n) is 5.48. The molecule has 2 aliphatic rings. The molecule has 3 nitrogen and oxygen atoms in total. The Hall–Kier alpha value is -0.570. The van der Waals surface area contributed by atoms with Crippen molar-refractivity contribution in [2.24, 2.45) is 11.8 Å². The maximum atomic E-state index is 11.5. The van der Waals surface area contributed by atoms with E-state index in [1.54, 1.807) is 0 Å². The summed E-state index contributed by atoms with van der Waals surface area (Å²) in [7, 11) is 0. The minimum Gasteiger partial charge on any atom is -0.480 e. The van der Waals surface area contributed by atoms with Gasteiger partial charge in [0.15, 0.2) is 0 Å². The van der Waals surface area contributed by atoms with E-state index < -0.39 is 11.5 Å². The molecule has 0 aliphatic heterocycles. The summed E-state index contributed by atoms with van der Waals surface area (Å²) in [6.07, 6.45) is 5.29. The zero-order valence-electron chi connectivity index (χ0n) is 9.62. The standard InChI is InChI=1S/C12H21NO2/c1-8-3-4-9(2)12(7-8,11(14)15)13-10-5-6-10/h8-10,13H,3-7H2,1-2H3,(H,14,15). The molecule has 0 radical (unpaired) electrons. The van der Waals surface area contributed by atoms with E-state index in [1.165, 1.54) is 6.42 Å². The first-order chi connectivity index (χ1) is 7.04. The third-order valence-corrected chi connectivity index (χ3v) is 4.02. The van der Waals surface area contributed by atoms with Crippen molar-refractivity contribution in [3.05, 3.63) is 0 Å². The molecule has 0 spiro atoms. The number of rotatable bonds is 3. The number of carboxylic acids is 1. The first-order valence-corrected chi connectivity index (χ1v) is 6.05. The van der Waals surface area contributed by atoms with E-state index >= 15 is 0 Å². The van der Waals surface area contributed by atoms with Crippen LogP contribution >= 0.6 is 0 Å². The van der Waals surface area contributed by atoms with Gasteiger partial charge in [0, 0.05) is 6.04 Å². The molecule has 3 atom stereocenters. The van der Waals surface area contributed by atoms with E-state index in [1.807, 2.05) is 0 Å². The van der Waals surface area contributed by atoms with Crippen molar-refractivity contribution < 1.29 is 9.90 Å². The van der Waals surface area contributed by atoms with Gasteiger partial charge in [-0.1, -0.05) is 20.3 Å². The summed E-state index contributed by atoms with van der Waals surface area (Å²) in [5.41, 5.74) is -0.640. The predicted molar refractivity (Wildman–Crippen MR) is 58.7 cm³/mol. The first kappa shape index (κ1) is 10.9. The van der Waals surface area contributed by atoms with Gasteiger partial charge in [0.2, 0.25) is 0 Å². The summed E-state index contributed by atoms with van der Waals surface area (Å²) in [5, 5.41) is 12.9. The summed E-state index contributed by atoms with van der Waals surface area (Å²) in [4.78, 5) is 11.5. The molecule has 0 heterocycles. The lowest BCUT2D eigenvalue weighted by atomic mass is 9.69. The molecule has 3 unspecified atom stereocenters. The number of aliphatic carboxylic acids is 1. The van der Waals surface area contributed by atoms with Crippen molar-refractivity contribution in [3.63, 3.8) is 0 Å². The molecule has 2 aliphatic carbocycles. The van der Waals surface area contributed by atoms with Crippen LogP contribution in [0.1, 0.15) is 46.0 Å². The highest BCUT2D eigenvalue weighted by molar-refractivity contribution is 5.79. The van der Waals surface area contributed by atoms with Crippen molar-refractivity contribution >= 4 is 5.97 Å². The van der Waals surface area contributed by atoms with Crippen molar-refractivity contribution in [1.82, 2.24) is 5.32 Å². The normalized spacial score (nSPS) is 41.5. The van der Waals surface area contributed by atoms with E-state index in [-0.39, 0.29) is 5.92 Å². The second kappa shape index (κ2) is 3.78. The molecule has 0 amide bonds. The van der Waals surface area contributed by atoms with Crippen LogP contribution in [0.2, 0.25) is 0 Å². The SMILES string of the molecule is CC1CCC(C)C(NC2CC2)(C(=O)O)C1. The monoisotopic (exact) mass is 211 g/mol. The van der Waals surface area contributed by atoms with Crippen LogP contribution in [0.4, 0.5) is 0 Å². The smallest absolute Gasteiger partial charge is 0.324 e. The Labute approximate surface area is 91.2 Å². The highest BCUT2D eigenvalue weighted by atomic mass is 16.4. The Morgan fingerprint density at radius 1 is 1.27 bits per heavy atom. The zero-order valence-corrected chi connectivity index (χ0v) is 9.62. The van der Waals surface area contributed by atoms with Gasteiger partial charge < -0.3 is 5.11 Å². The molecule has 0 aromatic carbocycles. The van der Waals surface area contributed by atoms with Crippen LogP contribution in [-0.2, 0) is 4.79 Å². The van der Waals surface area contributed by atoms with E-state index in [0.29, 0.717) is 12.0 Å². The van der Waals surface area contributed by atoms with Crippen molar-refractivity contribution in [1.29, 1.82) is 0 Å². The van der Waals surface area contributed by atoms with Gasteiger partial charge in [0.25, 0.3) is 0 Å². The molecule has 0 aromatic rings. The number of hydrogen-bond donors (Lipinski definition) is 2. The van der Waals surface area contributed by atoms with E-state index in [2.05, 4.69) is 19.2 Å². The third-order valence-electron chi connectivity index (χ3n) is 4.02. The van der Waals surface area contributed by atoms with Gasteiger partial charge in [-0.25, -0.2) is 0 Å². The predicted octanol–water partition coefficient (Wildman–Crippen LogP) is 2.02. The zero-order chi connectivity index (χ0) is 11.1. The first-order valence-electron chi connectivity index (χ1n) is 6.05. The highest BCUT2D eigenvalue weighted by Gasteiger charge is 2.49. The number of nitrogens with one attached hydrogen (secondary N) is 1. The average molecular weight is 211 g/mol. The summed E-state index contributed by atoms with van der Waals surface area (Å²) in [6, 6.07) is 0.467. The van der Waals surface area contributed by atoms with Crippen LogP contribution in [0.15, 0.2) is 0 Å². The molecule has 0 saturated heterocycles. The van der Waals surface area contributed by atoms with Crippen LogP contribution in [0.3, 0.4) is 0 Å². The average Bonchev–Trinajstić information content (AvgIpc) is 2.95. The van der Waals surface area contributed by atoms with Crippen molar-refractivity contribution in [3.8, 4) is 0 Å². The molecule has 2 rings (SSSR count). The van der Waals surface area contributed by atoms with Gasteiger partial charge in [-0.2, -0.15) is 0 Å². The summed E-state index contributed by atoms with van der Waals surface area (Å²) in [6.45, 7) is 4.24. The van der Waals surface area contributed by atoms with Gasteiger partial charge >= 0.3 is 5.97 Å². The third kappa shape index (κ3) is 2.03. The largest absolute Gasteiger partial charge is 0.480 e. The van der Waals surface area contributed by atoms with Gasteiger partial charge in [0.05, 0.1) is 0 Å². The van der Waals surface area contributed by atoms with Crippen LogP contribution in [-0.4, -0.2) is 22.7 Å². The highest BCUT2D eigenvalue weighted by Crippen LogP contribution is 2.39. The molecule has 0 aromatic heterocycles. The van der Waals surface area contributed by atoms with Crippen LogP contribution < -0.4 is 5.32 Å². The molecule has 86 valence electrons. The Morgan fingerprint density at radius 3 is 2.47 bits per heavy atom.